The first-order valence-electron chi connectivity index (χ1n) is 7.08. The quantitative estimate of drug-likeness (QED) is 0.647. The van der Waals surface area contributed by atoms with Gasteiger partial charge in [0.1, 0.15) is 0 Å². The van der Waals surface area contributed by atoms with Crippen molar-refractivity contribution in [2.45, 2.75) is 52.0 Å². The fraction of sp³-hybridized carbons (Fsp3) is 0.625. The number of benzene rings is 1. The molecule has 0 bridgehead atoms. The third-order valence-electron chi connectivity index (χ3n) is 3.85. The van der Waals surface area contributed by atoms with Gasteiger partial charge in [0.05, 0.1) is 0 Å². The van der Waals surface area contributed by atoms with Gasteiger partial charge in [-0.3, -0.25) is 0 Å². The van der Waals surface area contributed by atoms with Crippen molar-refractivity contribution in [1.29, 1.82) is 0 Å². The fourth-order valence-electron chi connectivity index (χ4n) is 2.76. The van der Waals surface area contributed by atoms with E-state index in [9.17, 15) is 0 Å². The molecule has 96 valence electrons. The number of nitrogens with zero attached hydrogens (tertiary/aromatic N) is 1. The van der Waals surface area contributed by atoms with E-state index in [1.165, 1.54) is 38.9 Å². The molecule has 0 radical (unpaired) electrons. The molecule has 0 aromatic heterocycles. The molecule has 1 nitrogen and oxygen atoms in total. The average molecular weight is 435 g/mol. The van der Waals surface area contributed by atoms with Crippen LogP contribution in [0.5, 0.6) is 0 Å². The van der Waals surface area contributed by atoms with E-state index >= 15 is 0 Å². The predicted octanol–water partition coefficient (Wildman–Crippen LogP) is 2.76. The third kappa shape index (κ3) is 3.56. The molecule has 0 amide bonds. The first kappa shape index (κ1) is 14.5. The van der Waals surface area contributed by atoms with Gasteiger partial charge in [-0.25, -0.2) is 0 Å². The molecule has 18 heavy (non-hydrogen) atoms. The van der Waals surface area contributed by atoms with E-state index in [4.69, 9.17) is 0 Å². The monoisotopic (exact) mass is 435 g/mol. The van der Waals surface area contributed by atoms with Crippen LogP contribution >= 0.6 is 0 Å². The summed E-state index contributed by atoms with van der Waals surface area (Å²) in [5, 5.41) is 0. The molecular weight excluding hydrogens is 411 g/mol. The van der Waals surface area contributed by atoms with E-state index in [-0.39, 0.29) is 0 Å². The van der Waals surface area contributed by atoms with Gasteiger partial charge in [-0.2, -0.15) is 0 Å². The number of likely N-dealkylation sites (tertiary alicyclic amines) is 1. The summed E-state index contributed by atoms with van der Waals surface area (Å²) < 4.78 is 1.66. The standard InChI is InChI=1S/C16H24N.Tl/c1-16(2,3)15-9-7-8-14(12-15)13-17-10-5-4-6-11-17;/h7-9H,4-6,10-11,13H2,1-3H3;. The number of rotatable bonds is 2. The van der Waals surface area contributed by atoms with E-state index in [0.717, 1.165) is 25.8 Å². The first-order valence-corrected chi connectivity index (χ1v) is 9.33. The minimum atomic E-state index is 0.294. The Bertz CT molecular complexity index is 400. The summed E-state index contributed by atoms with van der Waals surface area (Å²) in [6.45, 7) is 10.8. The summed E-state index contributed by atoms with van der Waals surface area (Å²) >= 11 is 0.935. The number of hydrogen-bond acceptors (Lipinski definition) is 1. The Morgan fingerprint density at radius 3 is 2.39 bits per heavy atom. The molecule has 0 atom stereocenters. The fourth-order valence-corrected chi connectivity index (χ4v) is 5.55. The van der Waals surface area contributed by atoms with Crippen molar-refractivity contribution >= 4 is 28.9 Å². The van der Waals surface area contributed by atoms with Gasteiger partial charge in [0, 0.05) is 0 Å². The van der Waals surface area contributed by atoms with Crippen molar-refractivity contribution in [3.8, 4) is 0 Å². The van der Waals surface area contributed by atoms with Crippen molar-refractivity contribution < 1.29 is 0 Å². The van der Waals surface area contributed by atoms with Crippen LogP contribution in [0.4, 0.5) is 0 Å². The predicted molar refractivity (Wildman–Crippen MR) is 79.7 cm³/mol. The summed E-state index contributed by atoms with van der Waals surface area (Å²) in [4.78, 5) is 2.64. The second kappa shape index (κ2) is 6.04. The van der Waals surface area contributed by atoms with Crippen molar-refractivity contribution in [1.82, 2.24) is 4.90 Å². The zero-order valence-corrected chi connectivity index (χ0v) is 16.5. The van der Waals surface area contributed by atoms with Crippen LogP contribution < -0.4 is 3.12 Å². The molecular formula is C16H24NTl. The van der Waals surface area contributed by atoms with E-state index < -0.39 is 0 Å². The van der Waals surface area contributed by atoms with E-state index in [1.807, 2.05) is 0 Å². The maximum atomic E-state index is 2.64. The molecule has 2 rings (SSSR count). The van der Waals surface area contributed by atoms with Crippen molar-refractivity contribution in [3.05, 3.63) is 29.3 Å². The molecule has 0 aliphatic carbocycles. The van der Waals surface area contributed by atoms with Crippen LogP contribution in [0.25, 0.3) is 0 Å². The molecule has 1 heterocycles. The molecule has 0 saturated carbocycles. The van der Waals surface area contributed by atoms with E-state index in [1.54, 1.807) is 14.2 Å². The topological polar surface area (TPSA) is 3.24 Å². The molecule has 0 N–H and O–H groups in total. The van der Waals surface area contributed by atoms with E-state index in [2.05, 4.69) is 43.9 Å². The van der Waals surface area contributed by atoms with Gasteiger partial charge in [0.2, 0.25) is 0 Å². The zero-order valence-electron chi connectivity index (χ0n) is 12.0. The Hall–Kier alpha value is 0.102. The summed E-state index contributed by atoms with van der Waals surface area (Å²) in [6, 6.07) is 6.93. The minimum absolute atomic E-state index is 0.294. The van der Waals surface area contributed by atoms with Crippen LogP contribution in [-0.4, -0.2) is 43.8 Å². The molecule has 2 heteroatoms. The van der Waals surface area contributed by atoms with Crippen molar-refractivity contribution in [2.24, 2.45) is 0 Å². The molecule has 0 unspecified atom stereocenters. The normalized spacial score (nSPS) is 17.9. The first-order chi connectivity index (χ1) is 8.48. The third-order valence-corrected chi connectivity index (χ3v) is 6.50. The van der Waals surface area contributed by atoms with Gasteiger partial charge in [-0.1, -0.05) is 0 Å². The summed E-state index contributed by atoms with van der Waals surface area (Å²) in [5.41, 5.74) is 3.46. The summed E-state index contributed by atoms with van der Waals surface area (Å²) in [5.74, 6) is 0. The molecule has 1 fully saturated rings. The number of hydrogen-bond donors (Lipinski definition) is 0. The van der Waals surface area contributed by atoms with Gasteiger partial charge in [-0.05, 0) is 0 Å². The molecule has 1 aromatic rings. The molecule has 1 aliphatic heterocycles. The Morgan fingerprint density at radius 1 is 1.11 bits per heavy atom. The molecule has 1 saturated heterocycles. The van der Waals surface area contributed by atoms with Gasteiger partial charge in [0.25, 0.3) is 0 Å². The van der Waals surface area contributed by atoms with Gasteiger partial charge in [-0.15, -0.1) is 0 Å². The Kier molecular flexibility index (Phi) is 4.87. The van der Waals surface area contributed by atoms with Gasteiger partial charge in [0.15, 0.2) is 0 Å². The van der Waals surface area contributed by atoms with Gasteiger partial charge >= 0.3 is 128 Å². The summed E-state index contributed by atoms with van der Waals surface area (Å²) in [7, 11) is 0. The second-order valence-corrected chi connectivity index (χ2v) is 8.71. The van der Waals surface area contributed by atoms with Crippen LogP contribution in [0, 0.1) is 0 Å². The average Bonchev–Trinajstić information content (AvgIpc) is 2.32. The Balaban J connectivity index is 2.18. The second-order valence-electron chi connectivity index (χ2n) is 6.47. The Labute approximate surface area is 128 Å². The van der Waals surface area contributed by atoms with Crippen LogP contribution in [0.1, 0.15) is 51.2 Å². The molecule has 1 aliphatic rings. The molecule has 0 spiro atoms. The molecule has 1 aromatic carbocycles. The van der Waals surface area contributed by atoms with Crippen molar-refractivity contribution in [3.63, 3.8) is 0 Å². The SMILES string of the molecule is CC(C)(C)c1cccc(CN2CCCCC2)[c]1[Tl]. The van der Waals surface area contributed by atoms with Gasteiger partial charge < -0.3 is 0 Å². The van der Waals surface area contributed by atoms with E-state index in [0.29, 0.717) is 5.41 Å². The van der Waals surface area contributed by atoms with Crippen LogP contribution in [0.15, 0.2) is 18.2 Å². The summed E-state index contributed by atoms with van der Waals surface area (Å²) in [6.07, 6.45) is 4.20. The zero-order chi connectivity index (χ0) is 13.2. The Morgan fingerprint density at radius 2 is 1.78 bits per heavy atom. The van der Waals surface area contributed by atoms with Crippen molar-refractivity contribution in [2.75, 3.05) is 13.1 Å². The van der Waals surface area contributed by atoms with Crippen LogP contribution in [0.2, 0.25) is 0 Å². The maximum absolute atomic E-state index is 2.64. The van der Waals surface area contributed by atoms with Crippen LogP contribution in [-0.2, 0) is 12.0 Å². The van der Waals surface area contributed by atoms with Crippen LogP contribution in [0.3, 0.4) is 0 Å². The number of piperidine rings is 1.